The molecule has 0 aliphatic rings. The van der Waals surface area contributed by atoms with Crippen molar-refractivity contribution < 1.29 is 4.39 Å². The first-order valence-corrected chi connectivity index (χ1v) is 13.1. The molecule has 4 aromatic rings. The van der Waals surface area contributed by atoms with Crippen molar-refractivity contribution in [2.45, 2.75) is 19.6 Å². The van der Waals surface area contributed by atoms with E-state index in [0.29, 0.717) is 5.69 Å². The van der Waals surface area contributed by atoms with Crippen molar-refractivity contribution in [1.29, 1.82) is 0 Å². The van der Waals surface area contributed by atoms with Gasteiger partial charge in [-0.3, -0.25) is 0 Å². The quantitative estimate of drug-likeness (QED) is 0.367. The summed E-state index contributed by atoms with van der Waals surface area (Å²) in [6, 6.07) is 20.0. The van der Waals surface area contributed by atoms with Crippen LogP contribution in [0.15, 0.2) is 60.7 Å². The molecule has 132 valence electrons. The van der Waals surface area contributed by atoms with Crippen LogP contribution in [0.25, 0.3) is 20.2 Å². The van der Waals surface area contributed by atoms with Gasteiger partial charge in [-0.15, -0.1) is 11.3 Å². The summed E-state index contributed by atoms with van der Waals surface area (Å²) >= 11 is 1.84. The fourth-order valence-electron chi connectivity index (χ4n) is 3.51. The van der Waals surface area contributed by atoms with E-state index in [1.54, 1.807) is 6.07 Å². The third-order valence-corrected chi connectivity index (χ3v) is 8.38. The van der Waals surface area contributed by atoms with Crippen LogP contribution < -0.4 is 10.1 Å². The van der Waals surface area contributed by atoms with Crippen LogP contribution in [0.5, 0.6) is 0 Å². The highest BCUT2D eigenvalue weighted by Crippen LogP contribution is 2.41. The van der Waals surface area contributed by atoms with E-state index < -0.39 is 8.07 Å². The minimum Gasteiger partial charge on any atom is -0.341 e. The number of anilines is 2. The summed E-state index contributed by atoms with van der Waals surface area (Å²) < 4.78 is 16.9. The topological polar surface area (TPSA) is 3.24 Å². The predicted octanol–water partition coefficient (Wildman–Crippen LogP) is 6.51. The molecule has 0 radical (unpaired) electrons. The van der Waals surface area contributed by atoms with E-state index in [-0.39, 0.29) is 5.82 Å². The van der Waals surface area contributed by atoms with E-state index in [1.165, 1.54) is 31.4 Å². The molecule has 0 saturated carbocycles. The number of rotatable bonds is 3. The summed E-state index contributed by atoms with van der Waals surface area (Å²) in [6.45, 7) is 7.16. The molecule has 0 fully saturated rings. The fraction of sp³-hybridized carbons (Fsp3) is 0.182. The number of nitrogens with zero attached hydrogens (tertiary/aromatic N) is 1. The lowest BCUT2D eigenvalue weighted by molar-refractivity contribution is 0.628. The van der Waals surface area contributed by atoms with Gasteiger partial charge >= 0.3 is 0 Å². The molecule has 0 aliphatic carbocycles. The maximum atomic E-state index is 14.3. The van der Waals surface area contributed by atoms with Gasteiger partial charge in [0.05, 0.1) is 24.1 Å². The molecule has 0 bridgehead atoms. The molecule has 1 heterocycles. The number of fused-ring (bicyclic) bond motifs is 3. The van der Waals surface area contributed by atoms with Gasteiger partial charge < -0.3 is 4.90 Å². The molecule has 0 N–H and O–H groups in total. The van der Waals surface area contributed by atoms with E-state index in [9.17, 15) is 4.39 Å². The second-order valence-corrected chi connectivity index (χ2v) is 13.8. The van der Waals surface area contributed by atoms with Gasteiger partial charge in [0.1, 0.15) is 5.82 Å². The maximum Gasteiger partial charge on any atom is 0.146 e. The Hall–Kier alpha value is -2.17. The molecule has 0 atom stereocenters. The molecular weight excluding hydrogens is 357 g/mol. The summed E-state index contributed by atoms with van der Waals surface area (Å²) in [5, 5.41) is 4.06. The van der Waals surface area contributed by atoms with E-state index in [0.717, 1.165) is 5.69 Å². The Kier molecular flexibility index (Phi) is 4.12. The second-order valence-electron chi connectivity index (χ2n) is 7.70. The molecule has 0 spiro atoms. The van der Waals surface area contributed by atoms with Crippen LogP contribution in [0.3, 0.4) is 0 Å². The Morgan fingerprint density at radius 3 is 2.08 bits per heavy atom. The van der Waals surface area contributed by atoms with Crippen molar-refractivity contribution in [1.82, 2.24) is 0 Å². The minimum atomic E-state index is -1.44. The number of hydrogen-bond donors (Lipinski definition) is 0. The number of benzene rings is 3. The van der Waals surface area contributed by atoms with Gasteiger partial charge in [0.25, 0.3) is 0 Å². The van der Waals surface area contributed by atoms with Gasteiger partial charge in [-0.05, 0) is 23.4 Å². The van der Waals surface area contributed by atoms with Crippen molar-refractivity contribution in [3.05, 3.63) is 66.5 Å². The first-order valence-electron chi connectivity index (χ1n) is 8.81. The molecule has 0 amide bonds. The lowest BCUT2D eigenvalue weighted by atomic mass is 10.1. The first kappa shape index (κ1) is 17.3. The van der Waals surface area contributed by atoms with Crippen LogP contribution >= 0.6 is 11.3 Å². The van der Waals surface area contributed by atoms with Crippen molar-refractivity contribution in [3.8, 4) is 0 Å². The standard InChI is InChI=1S/C22H22FNSSi/c1-24(18-12-6-5-11-17(18)23)19-13-7-9-15-16-10-8-14-20(26(2,3)4)22(16)25-21(15)19/h5-14H,1-4H3. The van der Waals surface area contributed by atoms with E-state index in [2.05, 4.69) is 56.0 Å². The number of halogens is 1. The van der Waals surface area contributed by atoms with Crippen LogP contribution in [-0.4, -0.2) is 15.1 Å². The second kappa shape index (κ2) is 6.22. The normalized spacial score (nSPS) is 12.0. The monoisotopic (exact) mass is 379 g/mol. The highest BCUT2D eigenvalue weighted by Gasteiger charge is 2.22. The van der Waals surface area contributed by atoms with Crippen LogP contribution in [0.4, 0.5) is 15.8 Å². The zero-order valence-electron chi connectivity index (χ0n) is 15.5. The summed E-state index contributed by atoms with van der Waals surface area (Å²) in [7, 11) is 0.500. The summed E-state index contributed by atoms with van der Waals surface area (Å²) in [6.07, 6.45) is 0. The Bertz CT molecular complexity index is 1110. The van der Waals surface area contributed by atoms with Crippen molar-refractivity contribution in [2.75, 3.05) is 11.9 Å². The molecule has 26 heavy (non-hydrogen) atoms. The average molecular weight is 380 g/mol. The Morgan fingerprint density at radius 1 is 0.769 bits per heavy atom. The smallest absolute Gasteiger partial charge is 0.146 e. The lowest BCUT2D eigenvalue weighted by Gasteiger charge is -2.20. The molecule has 1 aromatic heterocycles. The zero-order chi connectivity index (χ0) is 18.5. The van der Waals surface area contributed by atoms with Crippen molar-refractivity contribution >= 4 is 56.1 Å². The Morgan fingerprint density at radius 2 is 1.38 bits per heavy atom. The molecule has 1 nitrogen and oxygen atoms in total. The van der Waals surface area contributed by atoms with Gasteiger partial charge in [0.15, 0.2) is 0 Å². The number of hydrogen-bond acceptors (Lipinski definition) is 2. The van der Waals surface area contributed by atoms with Crippen LogP contribution in [-0.2, 0) is 0 Å². The molecule has 0 aliphatic heterocycles. The SMILES string of the molecule is CN(c1ccccc1F)c1cccc2c1sc1c([Si](C)(C)C)cccc12. The van der Waals surface area contributed by atoms with Crippen molar-refractivity contribution in [2.24, 2.45) is 0 Å². The highest BCUT2D eigenvalue weighted by molar-refractivity contribution is 7.28. The van der Waals surface area contributed by atoms with Gasteiger partial charge in [0, 0.05) is 22.5 Å². The van der Waals surface area contributed by atoms with E-state index in [4.69, 9.17) is 0 Å². The summed E-state index contributed by atoms with van der Waals surface area (Å²) in [5.74, 6) is -0.198. The molecule has 4 heteroatoms. The maximum absolute atomic E-state index is 14.3. The first-order chi connectivity index (χ1) is 12.4. The number of thiophene rings is 1. The number of para-hydroxylation sites is 1. The van der Waals surface area contributed by atoms with Gasteiger partial charge in [0.2, 0.25) is 0 Å². The minimum absolute atomic E-state index is 0.198. The lowest BCUT2D eigenvalue weighted by Crippen LogP contribution is -2.37. The predicted molar refractivity (Wildman–Crippen MR) is 117 cm³/mol. The van der Waals surface area contributed by atoms with Crippen LogP contribution in [0.2, 0.25) is 19.6 Å². The van der Waals surface area contributed by atoms with Gasteiger partial charge in [-0.25, -0.2) is 4.39 Å². The van der Waals surface area contributed by atoms with Crippen LogP contribution in [0.1, 0.15) is 0 Å². The van der Waals surface area contributed by atoms with Crippen molar-refractivity contribution in [3.63, 3.8) is 0 Å². The molecule has 4 rings (SSSR count). The molecule has 3 aromatic carbocycles. The summed E-state index contributed by atoms with van der Waals surface area (Å²) in [5.41, 5.74) is 1.65. The largest absolute Gasteiger partial charge is 0.341 e. The van der Waals surface area contributed by atoms with E-state index in [1.807, 2.05) is 35.4 Å². The Labute approximate surface area is 158 Å². The third kappa shape index (κ3) is 2.74. The average Bonchev–Trinajstić information content (AvgIpc) is 2.99. The summed E-state index contributed by atoms with van der Waals surface area (Å²) in [4.78, 5) is 1.96. The highest BCUT2D eigenvalue weighted by atomic mass is 32.1. The molecule has 0 unspecified atom stereocenters. The molecular formula is C22H22FNSSi. The third-order valence-electron chi connectivity index (χ3n) is 4.89. The fourth-order valence-corrected chi connectivity index (χ4v) is 7.26. The Balaban J connectivity index is 1.99. The zero-order valence-corrected chi connectivity index (χ0v) is 17.3. The molecule has 0 saturated heterocycles. The van der Waals surface area contributed by atoms with E-state index >= 15 is 0 Å². The van der Waals surface area contributed by atoms with Crippen LogP contribution in [0, 0.1) is 5.82 Å². The van der Waals surface area contributed by atoms with Gasteiger partial charge in [-0.1, -0.05) is 62.1 Å². The van der Waals surface area contributed by atoms with Gasteiger partial charge in [-0.2, -0.15) is 0 Å².